The van der Waals surface area contributed by atoms with Crippen LogP contribution in [0.4, 0.5) is 17.1 Å². The summed E-state index contributed by atoms with van der Waals surface area (Å²) in [7, 11) is 0. The maximum Gasteiger partial charge on any atom is 0.228 e. The summed E-state index contributed by atoms with van der Waals surface area (Å²) >= 11 is 0. The van der Waals surface area contributed by atoms with E-state index in [0.29, 0.717) is 6.42 Å². The average Bonchev–Trinajstić information content (AvgIpc) is 3.16. The average molecular weight is 447 g/mol. The van der Waals surface area contributed by atoms with Crippen LogP contribution in [-0.4, -0.2) is 15.9 Å². The van der Waals surface area contributed by atoms with Crippen molar-refractivity contribution in [1.29, 1.82) is 0 Å². The minimum atomic E-state index is -0.0457. The predicted octanol–water partition coefficient (Wildman–Crippen LogP) is 6.77. The minimum absolute atomic E-state index is 0.0457. The number of anilines is 3. The summed E-state index contributed by atoms with van der Waals surface area (Å²) in [6, 6.07) is 26.3. The number of benzene rings is 3. The van der Waals surface area contributed by atoms with Gasteiger partial charge in [0.15, 0.2) is 0 Å². The molecule has 2 aromatic heterocycles. The molecule has 0 atom stereocenters. The standard InChI is InChI=1S/C29H26N4O/c1-19-9-11-21(12-10-19)26-16-22(13-14-28(26)32-23-6-5-15-30-18-23)33-29(34)17-25-20(2)31-27-8-4-3-7-24(25)27/h3-16,18,31-32H,17H2,1-2H3,(H,33,34). The maximum atomic E-state index is 13.0. The smallest absolute Gasteiger partial charge is 0.228 e. The van der Waals surface area contributed by atoms with Crippen LogP contribution in [0.2, 0.25) is 0 Å². The molecule has 34 heavy (non-hydrogen) atoms. The van der Waals surface area contributed by atoms with E-state index in [0.717, 1.165) is 50.3 Å². The van der Waals surface area contributed by atoms with Crippen molar-refractivity contribution in [2.24, 2.45) is 0 Å². The number of nitrogens with zero attached hydrogens (tertiary/aromatic N) is 1. The third kappa shape index (κ3) is 4.55. The molecule has 5 aromatic rings. The number of hydrogen-bond donors (Lipinski definition) is 3. The van der Waals surface area contributed by atoms with Crippen molar-refractivity contribution >= 4 is 33.9 Å². The maximum absolute atomic E-state index is 13.0. The van der Waals surface area contributed by atoms with Crippen molar-refractivity contribution in [3.8, 4) is 11.1 Å². The first-order valence-corrected chi connectivity index (χ1v) is 11.3. The van der Waals surface area contributed by atoms with E-state index in [-0.39, 0.29) is 5.91 Å². The number of amides is 1. The van der Waals surface area contributed by atoms with Gasteiger partial charge in [-0.2, -0.15) is 0 Å². The Bertz CT molecular complexity index is 1450. The number of aryl methyl sites for hydroxylation is 2. The number of fused-ring (bicyclic) bond motifs is 1. The molecule has 0 saturated carbocycles. The zero-order chi connectivity index (χ0) is 23.5. The van der Waals surface area contributed by atoms with E-state index < -0.39 is 0 Å². The number of carbonyl (C=O) groups is 1. The Morgan fingerprint density at radius 3 is 2.53 bits per heavy atom. The van der Waals surface area contributed by atoms with Crippen LogP contribution >= 0.6 is 0 Å². The van der Waals surface area contributed by atoms with Crippen molar-refractivity contribution in [3.05, 3.63) is 108 Å². The molecular formula is C29H26N4O. The third-order valence-corrected chi connectivity index (χ3v) is 5.97. The van der Waals surface area contributed by atoms with Crippen molar-refractivity contribution in [2.75, 3.05) is 10.6 Å². The van der Waals surface area contributed by atoms with Gasteiger partial charge in [-0.3, -0.25) is 9.78 Å². The molecule has 0 unspecified atom stereocenters. The van der Waals surface area contributed by atoms with Crippen molar-refractivity contribution in [2.45, 2.75) is 20.3 Å². The van der Waals surface area contributed by atoms with E-state index in [1.165, 1.54) is 5.56 Å². The summed E-state index contributed by atoms with van der Waals surface area (Å²) in [6.45, 7) is 4.08. The van der Waals surface area contributed by atoms with Gasteiger partial charge in [-0.15, -0.1) is 0 Å². The lowest BCUT2D eigenvalue weighted by Gasteiger charge is -2.15. The molecule has 5 nitrogen and oxygen atoms in total. The summed E-state index contributed by atoms with van der Waals surface area (Å²) in [5.41, 5.74) is 8.99. The molecule has 5 rings (SSSR count). The van der Waals surface area contributed by atoms with Gasteiger partial charge >= 0.3 is 0 Å². The molecule has 0 aliphatic rings. The van der Waals surface area contributed by atoms with Gasteiger partial charge < -0.3 is 15.6 Å². The fourth-order valence-corrected chi connectivity index (χ4v) is 4.22. The Hall–Kier alpha value is -4.38. The summed E-state index contributed by atoms with van der Waals surface area (Å²) in [4.78, 5) is 20.6. The zero-order valence-corrected chi connectivity index (χ0v) is 19.2. The second-order valence-corrected chi connectivity index (χ2v) is 8.49. The molecule has 0 aliphatic heterocycles. The lowest BCUT2D eigenvalue weighted by atomic mass is 10.0. The number of para-hydroxylation sites is 1. The van der Waals surface area contributed by atoms with Crippen LogP contribution in [0.15, 0.2) is 91.3 Å². The number of rotatable bonds is 6. The zero-order valence-electron chi connectivity index (χ0n) is 19.2. The van der Waals surface area contributed by atoms with Crippen LogP contribution < -0.4 is 10.6 Å². The first kappa shape index (κ1) is 21.5. The van der Waals surface area contributed by atoms with Crippen LogP contribution in [-0.2, 0) is 11.2 Å². The van der Waals surface area contributed by atoms with E-state index >= 15 is 0 Å². The molecule has 0 radical (unpaired) electrons. The van der Waals surface area contributed by atoms with Gasteiger partial charge in [0.05, 0.1) is 18.3 Å². The van der Waals surface area contributed by atoms with Gasteiger partial charge in [-0.1, -0.05) is 48.0 Å². The highest BCUT2D eigenvalue weighted by molar-refractivity contribution is 5.97. The summed E-state index contributed by atoms with van der Waals surface area (Å²) in [6.07, 6.45) is 3.85. The monoisotopic (exact) mass is 446 g/mol. The lowest BCUT2D eigenvalue weighted by molar-refractivity contribution is -0.115. The van der Waals surface area contributed by atoms with E-state index in [1.54, 1.807) is 12.4 Å². The number of pyridine rings is 1. The molecule has 0 saturated heterocycles. The van der Waals surface area contributed by atoms with Crippen LogP contribution in [0.1, 0.15) is 16.8 Å². The second-order valence-electron chi connectivity index (χ2n) is 8.49. The first-order valence-electron chi connectivity index (χ1n) is 11.3. The highest BCUT2D eigenvalue weighted by Gasteiger charge is 2.14. The normalized spacial score (nSPS) is 10.9. The molecule has 0 bridgehead atoms. The van der Waals surface area contributed by atoms with Crippen LogP contribution in [0.25, 0.3) is 22.0 Å². The van der Waals surface area contributed by atoms with Gasteiger partial charge in [0, 0.05) is 39.7 Å². The number of aromatic nitrogens is 2. The van der Waals surface area contributed by atoms with Gasteiger partial charge in [-0.05, 0) is 61.4 Å². The predicted molar refractivity (Wildman–Crippen MR) is 140 cm³/mol. The Labute approximate surface area is 198 Å². The first-order chi connectivity index (χ1) is 16.6. The number of carbonyl (C=O) groups excluding carboxylic acids is 1. The highest BCUT2D eigenvalue weighted by Crippen LogP contribution is 2.33. The molecule has 0 fully saturated rings. The number of nitrogens with one attached hydrogen (secondary N) is 3. The molecule has 1 amide bonds. The molecule has 2 heterocycles. The van der Waals surface area contributed by atoms with Crippen molar-refractivity contribution in [3.63, 3.8) is 0 Å². The largest absolute Gasteiger partial charge is 0.358 e. The summed E-state index contributed by atoms with van der Waals surface area (Å²) in [5, 5.41) is 7.63. The summed E-state index contributed by atoms with van der Waals surface area (Å²) < 4.78 is 0. The minimum Gasteiger partial charge on any atom is -0.358 e. The van der Waals surface area contributed by atoms with E-state index in [4.69, 9.17) is 0 Å². The molecule has 0 spiro atoms. The number of hydrogen-bond acceptors (Lipinski definition) is 3. The van der Waals surface area contributed by atoms with Gasteiger partial charge in [0.25, 0.3) is 0 Å². The van der Waals surface area contributed by atoms with Crippen LogP contribution in [0.3, 0.4) is 0 Å². The highest BCUT2D eigenvalue weighted by atomic mass is 16.1. The molecule has 0 aliphatic carbocycles. The Kier molecular flexibility index (Phi) is 5.83. The van der Waals surface area contributed by atoms with Gasteiger partial charge in [0.1, 0.15) is 0 Å². The number of H-pyrrole nitrogens is 1. The molecule has 168 valence electrons. The van der Waals surface area contributed by atoms with Gasteiger partial charge in [-0.25, -0.2) is 0 Å². The molecule has 3 N–H and O–H groups in total. The SMILES string of the molecule is Cc1ccc(-c2cc(NC(=O)Cc3c(C)[nH]c4ccccc34)ccc2Nc2cccnc2)cc1. The molecule has 5 heteroatoms. The van der Waals surface area contributed by atoms with E-state index in [2.05, 4.69) is 57.9 Å². The molecule has 3 aromatic carbocycles. The Morgan fingerprint density at radius 2 is 1.74 bits per heavy atom. The Morgan fingerprint density at radius 1 is 0.912 bits per heavy atom. The van der Waals surface area contributed by atoms with Crippen LogP contribution in [0, 0.1) is 13.8 Å². The van der Waals surface area contributed by atoms with Gasteiger partial charge in [0.2, 0.25) is 5.91 Å². The fourth-order valence-electron chi connectivity index (χ4n) is 4.22. The number of aromatic amines is 1. The summed E-state index contributed by atoms with van der Waals surface area (Å²) in [5.74, 6) is -0.0457. The van der Waals surface area contributed by atoms with E-state index in [1.807, 2.05) is 55.5 Å². The second kappa shape index (κ2) is 9.24. The fraction of sp³-hybridized carbons (Fsp3) is 0.103. The van der Waals surface area contributed by atoms with Crippen molar-refractivity contribution in [1.82, 2.24) is 9.97 Å². The van der Waals surface area contributed by atoms with E-state index in [9.17, 15) is 4.79 Å². The third-order valence-electron chi connectivity index (χ3n) is 5.97. The van der Waals surface area contributed by atoms with Crippen LogP contribution in [0.5, 0.6) is 0 Å². The lowest BCUT2D eigenvalue weighted by Crippen LogP contribution is -2.15. The topological polar surface area (TPSA) is 69.8 Å². The quantitative estimate of drug-likeness (QED) is 0.269. The molecular weight excluding hydrogens is 420 g/mol. The van der Waals surface area contributed by atoms with Crippen molar-refractivity contribution < 1.29 is 4.79 Å². The Balaban J connectivity index is 1.43.